The van der Waals surface area contributed by atoms with Crippen LogP contribution in [0.25, 0.3) is 0 Å². The van der Waals surface area contributed by atoms with Crippen molar-refractivity contribution in [3.05, 3.63) is 57.0 Å². The summed E-state index contributed by atoms with van der Waals surface area (Å²) in [4.78, 5) is 40.6. The molecule has 10 nitrogen and oxygen atoms in total. The predicted octanol–water partition coefficient (Wildman–Crippen LogP) is 2.63. The monoisotopic (exact) mass is 551 g/mol. The van der Waals surface area contributed by atoms with Gasteiger partial charge in [0.25, 0.3) is 5.91 Å². The first-order valence-electron chi connectivity index (χ1n) is 10.4. The van der Waals surface area contributed by atoms with Gasteiger partial charge in [0.1, 0.15) is 5.75 Å². The van der Waals surface area contributed by atoms with Crippen LogP contribution in [0.3, 0.4) is 0 Å². The van der Waals surface area contributed by atoms with Crippen LogP contribution in [0.4, 0.5) is 5.69 Å². The van der Waals surface area contributed by atoms with Gasteiger partial charge in [-0.15, -0.1) is 0 Å². The van der Waals surface area contributed by atoms with Crippen LogP contribution in [0.15, 0.2) is 45.9 Å². The fourth-order valence-electron chi connectivity index (χ4n) is 3.26. The fraction of sp³-hybridized carbons (Fsp3) is 0.273. The van der Waals surface area contributed by atoms with E-state index in [1.807, 2.05) is 0 Å². The molecule has 0 saturated heterocycles. The molecule has 1 atom stereocenters. The minimum absolute atomic E-state index is 0.138. The Morgan fingerprint density at radius 3 is 2.74 bits per heavy atom. The number of anilines is 1. The zero-order valence-corrected chi connectivity index (χ0v) is 20.2. The third-order valence-corrected chi connectivity index (χ3v) is 5.66. The van der Waals surface area contributed by atoms with Crippen molar-refractivity contribution in [1.29, 1.82) is 0 Å². The summed E-state index contributed by atoms with van der Waals surface area (Å²) in [5.74, 6) is -1.92. The SMILES string of the molecule is O=C(O)C[C@H](NC(=O)CNC(=O)c1cccc(NC2=NCCCN2)c1)c1cc(Cl)cc(Br)c1O. The van der Waals surface area contributed by atoms with E-state index in [0.717, 1.165) is 19.5 Å². The molecule has 1 aliphatic rings. The number of phenolic OH excluding ortho intramolecular Hbond substituents is 1. The zero-order chi connectivity index (χ0) is 24.7. The highest BCUT2D eigenvalue weighted by molar-refractivity contribution is 9.10. The van der Waals surface area contributed by atoms with Crippen molar-refractivity contribution in [1.82, 2.24) is 16.0 Å². The lowest BCUT2D eigenvalue weighted by molar-refractivity contribution is -0.137. The lowest BCUT2D eigenvalue weighted by atomic mass is 10.0. The molecule has 34 heavy (non-hydrogen) atoms. The van der Waals surface area contributed by atoms with Crippen LogP contribution >= 0.6 is 27.5 Å². The summed E-state index contributed by atoms with van der Waals surface area (Å²) < 4.78 is 0.260. The number of aliphatic carboxylic acids is 1. The maximum Gasteiger partial charge on any atom is 0.305 e. The summed E-state index contributed by atoms with van der Waals surface area (Å²) in [6.45, 7) is 1.13. The summed E-state index contributed by atoms with van der Waals surface area (Å²) >= 11 is 9.15. The molecule has 1 aliphatic heterocycles. The van der Waals surface area contributed by atoms with Crippen LogP contribution in [0.5, 0.6) is 5.75 Å². The van der Waals surface area contributed by atoms with Crippen LogP contribution in [-0.2, 0) is 9.59 Å². The van der Waals surface area contributed by atoms with Crippen LogP contribution in [0.2, 0.25) is 5.02 Å². The van der Waals surface area contributed by atoms with Gasteiger partial charge in [-0.3, -0.25) is 19.4 Å². The van der Waals surface area contributed by atoms with Crippen molar-refractivity contribution in [3.8, 4) is 5.75 Å². The molecule has 12 heteroatoms. The molecule has 1 heterocycles. The van der Waals surface area contributed by atoms with E-state index in [1.165, 1.54) is 12.1 Å². The van der Waals surface area contributed by atoms with Crippen molar-refractivity contribution < 1.29 is 24.6 Å². The normalized spacial score (nSPS) is 13.8. The second-order valence-electron chi connectivity index (χ2n) is 7.44. The Bertz CT molecular complexity index is 1130. The van der Waals surface area contributed by atoms with Crippen molar-refractivity contribution in [2.75, 3.05) is 25.0 Å². The number of phenols is 1. The van der Waals surface area contributed by atoms with E-state index >= 15 is 0 Å². The molecule has 2 aromatic carbocycles. The van der Waals surface area contributed by atoms with Gasteiger partial charge in [0.15, 0.2) is 5.96 Å². The first kappa shape index (κ1) is 25.3. The molecule has 0 unspecified atom stereocenters. The highest BCUT2D eigenvalue weighted by atomic mass is 79.9. The Morgan fingerprint density at radius 1 is 1.24 bits per heavy atom. The average Bonchev–Trinajstić information content (AvgIpc) is 2.80. The minimum Gasteiger partial charge on any atom is -0.506 e. The molecule has 0 radical (unpaired) electrons. The number of carbonyl (C=O) groups excluding carboxylic acids is 2. The average molecular weight is 553 g/mol. The molecule has 0 saturated carbocycles. The number of rotatable bonds is 8. The highest BCUT2D eigenvalue weighted by Crippen LogP contribution is 2.36. The van der Waals surface area contributed by atoms with Gasteiger partial charge >= 0.3 is 5.97 Å². The number of amides is 2. The standard InChI is InChI=1S/C22H23BrClN5O5/c23-16-9-13(24)8-15(20(16)33)17(10-19(31)32)29-18(30)11-27-21(34)12-3-1-4-14(7-12)28-22-25-5-2-6-26-22/h1,3-4,7-9,17,33H,2,5-6,10-11H2,(H,27,34)(H,29,30)(H,31,32)(H2,25,26,28)/t17-/m0/s1. The third-order valence-electron chi connectivity index (χ3n) is 4.84. The van der Waals surface area contributed by atoms with Gasteiger partial charge in [0, 0.05) is 34.9 Å². The van der Waals surface area contributed by atoms with Crippen LogP contribution in [-0.4, -0.2) is 53.6 Å². The van der Waals surface area contributed by atoms with Gasteiger partial charge in [0.05, 0.1) is 23.5 Å². The number of carboxylic acids is 1. The van der Waals surface area contributed by atoms with E-state index in [1.54, 1.807) is 24.3 Å². The van der Waals surface area contributed by atoms with E-state index in [4.69, 9.17) is 11.6 Å². The molecule has 0 fully saturated rings. The second-order valence-corrected chi connectivity index (χ2v) is 8.73. The molecule has 0 aromatic heterocycles. The summed E-state index contributed by atoms with van der Waals surface area (Å²) in [6, 6.07) is 8.47. The predicted molar refractivity (Wildman–Crippen MR) is 131 cm³/mol. The van der Waals surface area contributed by atoms with E-state index in [2.05, 4.69) is 42.2 Å². The quantitative estimate of drug-likeness (QED) is 0.294. The number of carbonyl (C=O) groups is 3. The number of hydrogen-bond donors (Lipinski definition) is 6. The van der Waals surface area contributed by atoms with Crippen molar-refractivity contribution in [2.45, 2.75) is 18.9 Å². The number of nitrogens with one attached hydrogen (secondary N) is 4. The van der Waals surface area contributed by atoms with Gasteiger partial charge in [-0.2, -0.15) is 0 Å². The molecular weight excluding hydrogens is 530 g/mol. The van der Waals surface area contributed by atoms with Crippen molar-refractivity contribution in [2.24, 2.45) is 4.99 Å². The van der Waals surface area contributed by atoms with Gasteiger partial charge in [-0.1, -0.05) is 17.7 Å². The van der Waals surface area contributed by atoms with Crippen LogP contribution < -0.4 is 21.3 Å². The molecule has 0 bridgehead atoms. The van der Waals surface area contributed by atoms with Gasteiger partial charge in [0.2, 0.25) is 5.91 Å². The maximum atomic E-state index is 12.5. The van der Waals surface area contributed by atoms with E-state index in [-0.39, 0.29) is 20.8 Å². The summed E-state index contributed by atoms with van der Waals surface area (Å²) in [5, 5.41) is 31.0. The fourth-order valence-corrected chi connectivity index (χ4v) is 4.10. The van der Waals surface area contributed by atoms with E-state index in [0.29, 0.717) is 17.2 Å². The molecular formula is C22H23BrClN5O5. The Morgan fingerprint density at radius 2 is 2.03 bits per heavy atom. The number of hydrogen-bond acceptors (Lipinski definition) is 7. The molecule has 180 valence electrons. The minimum atomic E-state index is -1.19. The topological polar surface area (TPSA) is 152 Å². The maximum absolute atomic E-state index is 12.5. The number of halogens is 2. The lowest BCUT2D eigenvalue weighted by Crippen LogP contribution is -2.39. The number of nitrogens with zero attached hydrogens (tertiary/aromatic N) is 1. The number of benzene rings is 2. The smallest absolute Gasteiger partial charge is 0.305 e. The first-order valence-corrected chi connectivity index (χ1v) is 11.5. The van der Waals surface area contributed by atoms with Crippen LogP contribution in [0, 0.1) is 0 Å². The summed E-state index contributed by atoms with van der Waals surface area (Å²) in [6.07, 6.45) is 0.461. The number of carboxylic acid groups (broad SMARTS) is 1. The van der Waals surface area contributed by atoms with E-state index < -0.39 is 36.8 Å². The summed E-state index contributed by atoms with van der Waals surface area (Å²) in [5.41, 5.74) is 1.13. The largest absolute Gasteiger partial charge is 0.506 e. The molecule has 2 aromatic rings. The lowest BCUT2D eigenvalue weighted by Gasteiger charge is -2.20. The van der Waals surface area contributed by atoms with Gasteiger partial charge in [-0.25, -0.2) is 0 Å². The zero-order valence-electron chi connectivity index (χ0n) is 17.9. The Hall–Kier alpha value is -3.31. The van der Waals surface area contributed by atoms with E-state index in [9.17, 15) is 24.6 Å². The molecule has 2 amide bonds. The Balaban J connectivity index is 1.62. The third kappa shape index (κ3) is 7.09. The molecule has 3 rings (SSSR count). The number of aromatic hydroxyl groups is 1. The second kappa shape index (κ2) is 11.7. The molecule has 0 aliphatic carbocycles. The van der Waals surface area contributed by atoms with Crippen molar-refractivity contribution >= 4 is 57.0 Å². The Labute approximate surface area is 208 Å². The van der Waals surface area contributed by atoms with Gasteiger partial charge < -0.3 is 31.5 Å². The molecule has 0 spiro atoms. The first-order chi connectivity index (χ1) is 16.2. The number of guanidine groups is 1. The van der Waals surface area contributed by atoms with Crippen molar-refractivity contribution in [3.63, 3.8) is 0 Å². The van der Waals surface area contributed by atoms with Gasteiger partial charge in [-0.05, 0) is 52.7 Å². The molecule has 6 N–H and O–H groups in total. The Kier molecular flexibility index (Phi) is 8.72. The number of aliphatic imine (C=N–C) groups is 1. The summed E-state index contributed by atoms with van der Waals surface area (Å²) in [7, 11) is 0. The highest BCUT2D eigenvalue weighted by Gasteiger charge is 2.23. The van der Waals surface area contributed by atoms with Crippen LogP contribution in [0.1, 0.15) is 34.8 Å².